The summed E-state index contributed by atoms with van der Waals surface area (Å²) in [5.41, 5.74) is 0.945. The van der Waals surface area contributed by atoms with E-state index in [1.54, 1.807) is 35.2 Å². The number of Topliss-reactive ketones (excluding diaryl/α,β-unsaturated/α-hetero) is 1. The molecule has 2 N–H and O–H groups in total. The predicted octanol–water partition coefficient (Wildman–Crippen LogP) is 2.76. The van der Waals surface area contributed by atoms with Gasteiger partial charge in [-0.05, 0) is 37.6 Å². The first-order chi connectivity index (χ1) is 16.4. The Labute approximate surface area is 198 Å². The summed E-state index contributed by atoms with van der Waals surface area (Å²) in [6.07, 6.45) is 4.79. The van der Waals surface area contributed by atoms with E-state index in [2.05, 4.69) is 20.6 Å². The van der Waals surface area contributed by atoms with Gasteiger partial charge in [0.25, 0.3) is 0 Å². The Morgan fingerprint density at radius 3 is 2.68 bits per heavy atom. The van der Waals surface area contributed by atoms with Crippen LogP contribution in [-0.2, 0) is 0 Å². The van der Waals surface area contributed by atoms with Crippen molar-refractivity contribution in [3.63, 3.8) is 0 Å². The number of carbonyl (C=O) groups is 2. The number of rotatable bonds is 5. The van der Waals surface area contributed by atoms with Crippen LogP contribution in [0.5, 0.6) is 0 Å². The van der Waals surface area contributed by atoms with Gasteiger partial charge >= 0.3 is 6.03 Å². The monoisotopic (exact) mass is 475 g/mol. The molecule has 11 heteroatoms. The molecule has 10 nitrogen and oxygen atoms in total. The molecule has 0 aromatic carbocycles. The van der Waals surface area contributed by atoms with Crippen molar-refractivity contribution in [1.29, 1.82) is 0 Å². The number of anilines is 2. The molecule has 0 spiro atoms. The summed E-state index contributed by atoms with van der Waals surface area (Å²) in [6, 6.07) is 6.76. The van der Waals surface area contributed by atoms with E-state index >= 15 is 0 Å². The summed E-state index contributed by atoms with van der Waals surface area (Å²) in [5.74, 6) is 0.864. The third-order valence-electron chi connectivity index (χ3n) is 5.59. The summed E-state index contributed by atoms with van der Waals surface area (Å²) in [5, 5.41) is 8.47. The Morgan fingerprint density at radius 1 is 1.18 bits per heavy atom. The van der Waals surface area contributed by atoms with Crippen molar-refractivity contribution >= 4 is 45.8 Å². The lowest BCUT2D eigenvalue weighted by Crippen LogP contribution is -2.60. The SMILES string of the molecule is CC(=O)c1cn(-c2nccs2)c2nc(N3CC(NC(=O)Nc4ccccn4)C3)cc(C)c2c1=O. The highest BCUT2D eigenvalue weighted by Gasteiger charge is 2.30. The van der Waals surface area contributed by atoms with Crippen LogP contribution in [0.2, 0.25) is 0 Å². The molecule has 1 saturated heterocycles. The molecule has 0 bridgehead atoms. The maximum Gasteiger partial charge on any atom is 0.320 e. The highest BCUT2D eigenvalue weighted by atomic mass is 32.1. The van der Waals surface area contributed by atoms with E-state index in [1.165, 1.54) is 24.5 Å². The molecule has 0 radical (unpaired) electrons. The van der Waals surface area contributed by atoms with Crippen molar-refractivity contribution in [2.24, 2.45) is 0 Å². The molecule has 1 fully saturated rings. The van der Waals surface area contributed by atoms with Gasteiger partial charge in [0.1, 0.15) is 11.6 Å². The normalized spacial score (nSPS) is 13.5. The van der Waals surface area contributed by atoms with Crippen LogP contribution in [0.4, 0.5) is 16.4 Å². The van der Waals surface area contributed by atoms with E-state index in [-0.39, 0.29) is 28.8 Å². The molecule has 5 heterocycles. The van der Waals surface area contributed by atoms with E-state index in [1.807, 2.05) is 23.3 Å². The third-order valence-corrected chi connectivity index (χ3v) is 6.36. The van der Waals surface area contributed by atoms with Crippen LogP contribution in [0.3, 0.4) is 0 Å². The molecule has 0 saturated carbocycles. The lowest BCUT2D eigenvalue weighted by Gasteiger charge is -2.40. The van der Waals surface area contributed by atoms with Crippen molar-refractivity contribution in [2.75, 3.05) is 23.3 Å². The summed E-state index contributed by atoms with van der Waals surface area (Å²) in [6.45, 7) is 4.35. The van der Waals surface area contributed by atoms with Crippen molar-refractivity contribution in [3.05, 3.63) is 69.6 Å². The molecule has 2 amide bonds. The highest BCUT2D eigenvalue weighted by molar-refractivity contribution is 7.12. The Morgan fingerprint density at radius 2 is 2.00 bits per heavy atom. The fraction of sp³-hybridized carbons (Fsp3) is 0.217. The van der Waals surface area contributed by atoms with Crippen molar-refractivity contribution in [3.8, 4) is 5.13 Å². The summed E-state index contributed by atoms with van der Waals surface area (Å²) >= 11 is 1.39. The molecule has 1 aliphatic rings. The van der Waals surface area contributed by atoms with E-state index in [9.17, 15) is 14.4 Å². The molecule has 5 rings (SSSR count). The molecule has 34 heavy (non-hydrogen) atoms. The Bertz CT molecular complexity index is 1450. The number of carbonyl (C=O) groups excluding carboxylic acids is 2. The molecule has 172 valence electrons. The van der Waals surface area contributed by atoms with Gasteiger partial charge in [0.2, 0.25) is 5.43 Å². The van der Waals surface area contributed by atoms with Crippen molar-refractivity contribution in [2.45, 2.75) is 19.9 Å². The van der Waals surface area contributed by atoms with Gasteiger partial charge in [-0.15, -0.1) is 11.3 Å². The Kier molecular flexibility index (Phi) is 5.54. The first kappa shape index (κ1) is 21.7. The lowest BCUT2D eigenvalue weighted by molar-refractivity contribution is 0.101. The largest absolute Gasteiger partial charge is 0.352 e. The van der Waals surface area contributed by atoms with Crippen LogP contribution in [0.15, 0.2) is 53.0 Å². The number of fused-ring (bicyclic) bond motifs is 1. The number of hydrogen-bond donors (Lipinski definition) is 2. The second kappa shape index (κ2) is 8.67. The summed E-state index contributed by atoms with van der Waals surface area (Å²) < 4.78 is 1.70. The fourth-order valence-electron chi connectivity index (χ4n) is 3.90. The number of nitrogens with one attached hydrogen (secondary N) is 2. The highest BCUT2D eigenvalue weighted by Crippen LogP contribution is 2.26. The van der Waals surface area contributed by atoms with Crippen LogP contribution in [-0.4, -0.2) is 50.5 Å². The smallest absolute Gasteiger partial charge is 0.320 e. The van der Waals surface area contributed by atoms with Crippen LogP contribution in [0.25, 0.3) is 16.2 Å². The average Bonchev–Trinajstić information content (AvgIpc) is 3.31. The first-order valence-corrected chi connectivity index (χ1v) is 11.5. The zero-order valence-corrected chi connectivity index (χ0v) is 19.3. The molecule has 4 aromatic rings. The minimum atomic E-state index is -0.332. The van der Waals surface area contributed by atoms with Crippen molar-refractivity contribution < 1.29 is 9.59 Å². The second-order valence-electron chi connectivity index (χ2n) is 8.02. The fourth-order valence-corrected chi connectivity index (χ4v) is 4.52. The minimum absolute atomic E-state index is 0.0530. The molecular formula is C23H21N7O3S. The van der Waals surface area contributed by atoms with Gasteiger partial charge in [0, 0.05) is 37.1 Å². The number of amides is 2. The van der Waals surface area contributed by atoms with E-state index < -0.39 is 0 Å². The first-order valence-electron chi connectivity index (χ1n) is 10.6. The summed E-state index contributed by atoms with van der Waals surface area (Å²) in [4.78, 5) is 52.6. The number of aryl methyl sites for hydroxylation is 1. The summed E-state index contributed by atoms with van der Waals surface area (Å²) in [7, 11) is 0. The number of thiazole rings is 1. The zero-order chi connectivity index (χ0) is 23.8. The van der Waals surface area contributed by atoms with Crippen LogP contribution >= 0.6 is 11.3 Å². The van der Waals surface area contributed by atoms with E-state index in [0.717, 1.165) is 5.56 Å². The quantitative estimate of drug-likeness (QED) is 0.426. The maximum atomic E-state index is 13.0. The predicted molar refractivity (Wildman–Crippen MR) is 130 cm³/mol. The molecule has 4 aromatic heterocycles. The molecule has 0 atom stereocenters. The standard InChI is InChI=1S/C23H21N7O3S/c1-13-9-18(29-10-15(11-29)26-22(33)27-17-5-3-4-6-24-17)28-21-19(13)20(32)16(14(2)31)12-30(21)23-25-7-8-34-23/h3-9,12,15H,10-11H2,1-2H3,(H2,24,26,27,33). The Hall–Kier alpha value is -4.12. The van der Waals surface area contributed by atoms with E-state index in [0.29, 0.717) is 40.9 Å². The zero-order valence-electron chi connectivity index (χ0n) is 18.5. The van der Waals surface area contributed by atoms with Crippen LogP contribution in [0.1, 0.15) is 22.8 Å². The number of pyridine rings is 3. The number of urea groups is 1. The molecule has 0 unspecified atom stereocenters. The third kappa shape index (κ3) is 4.01. The van der Waals surface area contributed by atoms with E-state index in [4.69, 9.17) is 4.98 Å². The minimum Gasteiger partial charge on any atom is -0.352 e. The van der Waals surface area contributed by atoms with Crippen molar-refractivity contribution in [1.82, 2.24) is 24.8 Å². The molecule has 1 aliphatic heterocycles. The lowest BCUT2D eigenvalue weighted by atomic mass is 10.1. The van der Waals surface area contributed by atoms with Crippen LogP contribution in [0, 0.1) is 6.92 Å². The van der Waals surface area contributed by atoms with Gasteiger partial charge in [-0.3, -0.25) is 19.5 Å². The Balaban J connectivity index is 1.41. The van der Waals surface area contributed by atoms with Gasteiger partial charge in [0.05, 0.1) is 17.0 Å². The second-order valence-corrected chi connectivity index (χ2v) is 8.90. The molecular weight excluding hydrogens is 454 g/mol. The number of hydrogen-bond acceptors (Lipinski definition) is 8. The van der Waals surface area contributed by atoms with Gasteiger partial charge in [-0.25, -0.2) is 19.7 Å². The average molecular weight is 476 g/mol. The van der Waals surface area contributed by atoms with Gasteiger partial charge in [-0.1, -0.05) is 6.07 Å². The van der Waals surface area contributed by atoms with Gasteiger partial charge in [0.15, 0.2) is 16.6 Å². The maximum absolute atomic E-state index is 13.0. The number of ketones is 1. The topological polar surface area (TPSA) is 122 Å². The number of aromatic nitrogens is 4. The van der Waals surface area contributed by atoms with Gasteiger partial charge in [-0.2, -0.15) is 0 Å². The van der Waals surface area contributed by atoms with Crippen LogP contribution < -0.4 is 21.0 Å². The molecule has 0 aliphatic carbocycles. The number of nitrogens with zero attached hydrogens (tertiary/aromatic N) is 5. The van der Waals surface area contributed by atoms with Gasteiger partial charge < -0.3 is 10.2 Å².